The lowest BCUT2D eigenvalue weighted by atomic mass is 9.75. The molecule has 0 bridgehead atoms. The standard InChI is InChI=1S/C43H56N4O2/c44-26-34-11-19-42(20-12-34)48-30-38-5-1-3-36(24-38)28-46-40-15-7-32(8-16-40)23-33-9-17-41(18-10-33)47-29-37-4-2-6-39(25-37)31-49-43-21-13-35(27-45)14-22-43/h1-6,11-14,19-22,24-25,32-33,40-41,46-47H,7-10,15-18,23,26-31,44-45H2. The Morgan fingerprint density at radius 1 is 0.469 bits per heavy atom. The molecule has 6 N–H and O–H groups in total. The zero-order valence-electron chi connectivity index (χ0n) is 29.1. The lowest BCUT2D eigenvalue weighted by Gasteiger charge is -2.34. The zero-order valence-corrected chi connectivity index (χ0v) is 29.1. The van der Waals surface area contributed by atoms with Crippen molar-refractivity contribution in [3.05, 3.63) is 130 Å². The van der Waals surface area contributed by atoms with Gasteiger partial charge in [0.15, 0.2) is 0 Å². The number of nitrogens with two attached hydrogens (primary N) is 2. The normalized spacial score (nSPS) is 20.9. The van der Waals surface area contributed by atoms with Gasteiger partial charge < -0.3 is 31.6 Å². The molecule has 2 fully saturated rings. The van der Waals surface area contributed by atoms with Gasteiger partial charge >= 0.3 is 0 Å². The molecule has 0 unspecified atom stereocenters. The highest BCUT2D eigenvalue weighted by atomic mass is 16.5. The number of nitrogens with one attached hydrogen (secondary N) is 2. The molecule has 49 heavy (non-hydrogen) atoms. The molecule has 6 heteroatoms. The van der Waals surface area contributed by atoms with E-state index in [1.165, 1.54) is 80.0 Å². The SMILES string of the molecule is NCc1ccc(OCc2cccc(CNC3CCC(CC4CCC(NCc5cccc(COc6ccc(CN)cc6)c5)CC4)CC3)c2)cc1. The molecule has 6 nitrogen and oxygen atoms in total. The van der Waals surface area contributed by atoms with Gasteiger partial charge in [-0.05, 0) is 127 Å². The van der Waals surface area contributed by atoms with Crippen molar-refractivity contribution in [2.24, 2.45) is 23.3 Å². The van der Waals surface area contributed by atoms with Crippen molar-refractivity contribution in [3.8, 4) is 11.5 Å². The smallest absolute Gasteiger partial charge is 0.119 e. The minimum Gasteiger partial charge on any atom is -0.489 e. The van der Waals surface area contributed by atoms with Gasteiger partial charge in [0.25, 0.3) is 0 Å². The van der Waals surface area contributed by atoms with Crippen LogP contribution in [-0.2, 0) is 39.4 Å². The summed E-state index contributed by atoms with van der Waals surface area (Å²) in [5.41, 5.74) is 18.7. The summed E-state index contributed by atoms with van der Waals surface area (Å²) in [6, 6.07) is 34.9. The second-order valence-electron chi connectivity index (χ2n) is 14.3. The Bertz CT molecular complexity index is 1420. The van der Waals surface area contributed by atoms with Crippen LogP contribution in [0.1, 0.15) is 91.2 Å². The third-order valence-corrected chi connectivity index (χ3v) is 10.7. The minimum absolute atomic E-state index is 0.554. The Morgan fingerprint density at radius 2 is 0.857 bits per heavy atom. The molecule has 0 heterocycles. The maximum Gasteiger partial charge on any atom is 0.119 e. The van der Waals surface area contributed by atoms with E-state index in [9.17, 15) is 0 Å². The number of benzene rings is 4. The summed E-state index contributed by atoms with van der Waals surface area (Å²) in [5, 5.41) is 7.72. The highest BCUT2D eigenvalue weighted by Gasteiger charge is 2.27. The highest BCUT2D eigenvalue weighted by Crippen LogP contribution is 2.35. The van der Waals surface area contributed by atoms with Gasteiger partial charge in [-0.15, -0.1) is 0 Å². The fourth-order valence-corrected chi connectivity index (χ4v) is 7.64. The van der Waals surface area contributed by atoms with E-state index >= 15 is 0 Å². The van der Waals surface area contributed by atoms with Crippen LogP contribution < -0.4 is 31.6 Å². The van der Waals surface area contributed by atoms with Crippen LogP contribution in [0.15, 0.2) is 97.1 Å². The molecule has 260 valence electrons. The Balaban J connectivity index is 0.840. The van der Waals surface area contributed by atoms with Gasteiger partial charge in [0, 0.05) is 38.3 Å². The summed E-state index contributed by atoms with van der Waals surface area (Å²) in [6.45, 7) is 4.11. The van der Waals surface area contributed by atoms with E-state index in [1.54, 1.807) is 0 Å². The first kappa shape index (κ1) is 35.2. The maximum absolute atomic E-state index is 6.01. The van der Waals surface area contributed by atoms with Crippen molar-refractivity contribution in [2.75, 3.05) is 0 Å². The zero-order chi connectivity index (χ0) is 33.7. The Hall–Kier alpha value is -3.68. The predicted molar refractivity (Wildman–Crippen MR) is 200 cm³/mol. The number of hydrogen-bond donors (Lipinski definition) is 4. The quantitative estimate of drug-likeness (QED) is 0.0970. The Kier molecular flexibility index (Phi) is 13.2. The molecule has 6 rings (SSSR count). The summed E-state index contributed by atoms with van der Waals surface area (Å²) in [6.07, 6.45) is 12.1. The molecule has 4 aromatic rings. The second kappa shape index (κ2) is 18.4. The summed E-state index contributed by atoms with van der Waals surface area (Å²) >= 11 is 0. The van der Waals surface area contributed by atoms with Crippen LogP contribution in [0.5, 0.6) is 11.5 Å². The lowest BCUT2D eigenvalue weighted by Crippen LogP contribution is -2.35. The molecule has 2 aliphatic carbocycles. The van der Waals surface area contributed by atoms with E-state index in [2.05, 4.69) is 59.2 Å². The van der Waals surface area contributed by atoms with E-state index in [0.717, 1.165) is 47.6 Å². The van der Waals surface area contributed by atoms with Crippen molar-refractivity contribution >= 4 is 0 Å². The first-order valence-electron chi connectivity index (χ1n) is 18.6. The summed E-state index contributed by atoms with van der Waals surface area (Å²) in [5.74, 6) is 3.56. The van der Waals surface area contributed by atoms with Gasteiger partial charge in [-0.25, -0.2) is 0 Å². The molecule has 0 aromatic heterocycles. The first-order valence-corrected chi connectivity index (χ1v) is 18.6. The monoisotopic (exact) mass is 660 g/mol. The fraction of sp³-hybridized carbons (Fsp3) is 0.442. The minimum atomic E-state index is 0.554. The maximum atomic E-state index is 6.01. The predicted octanol–water partition coefficient (Wildman–Crippen LogP) is 8.15. The molecular formula is C43H56N4O2. The van der Waals surface area contributed by atoms with Crippen LogP contribution >= 0.6 is 0 Å². The molecule has 0 amide bonds. The number of rotatable bonds is 16. The van der Waals surface area contributed by atoms with Crippen molar-refractivity contribution in [1.29, 1.82) is 0 Å². The van der Waals surface area contributed by atoms with Gasteiger partial charge in [0.1, 0.15) is 24.7 Å². The molecule has 0 atom stereocenters. The van der Waals surface area contributed by atoms with Crippen LogP contribution in [0.4, 0.5) is 0 Å². The molecule has 2 aliphatic rings. The lowest BCUT2D eigenvalue weighted by molar-refractivity contribution is 0.206. The van der Waals surface area contributed by atoms with E-state index in [0.29, 0.717) is 38.4 Å². The van der Waals surface area contributed by atoms with E-state index in [1.807, 2.05) is 48.5 Å². The molecule has 4 aromatic carbocycles. The highest BCUT2D eigenvalue weighted by molar-refractivity contribution is 5.30. The van der Waals surface area contributed by atoms with Gasteiger partial charge in [0.2, 0.25) is 0 Å². The van der Waals surface area contributed by atoms with Gasteiger partial charge in [-0.3, -0.25) is 0 Å². The largest absolute Gasteiger partial charge is 0.489 e. The van der Waals surface area contributed by atoms with Crippen molar-refractivity contribution in [2.45, 2.75) is 109 Å². The van der Waals surface area contributed by atoms with Gasteiger partial charge in [-0.1, -0.05) is 72.8 Å². The Morgan fingerprint density at radius 3 is 1.24 bits per heavy atom. The van der Waals surface area contributed by atoms with Crippen LogP contribution in [0.2, 0.25) is 0 Å². The van der Waals surface area contributed by atoms with Gasteiger partial charge in [0.05, 0.1) is 0 Å². The fourth-order valence-electron chi connectivity index (χ4n) is 7.64. The molecule has 0 aliphatic heterocycles. The van der Waals surface area contributed by atoms with Gasteiger partial charge in [-0.2, -0.15) is 0 Å². The van der Waals surface area contributed by atoms with Crippen molar-refractivity contribution < 1.29 is 9.47 Å². The number of hydrogen-bond acceptors (Lipinski definition) is 6. The molecule has 2 saturated carbocycles. The average molecular weight is 661 g/mol. The third kappa shape index (κ3) is 11.2. The summed E-state index contributed by atoms with van der Waals surface area (Å²) in [7, 11) is 0. The molecule has 0 radical (unpaired) electrons. The van der Waals surface area contributed by atoms with Crippen molar-refractivity contribution in [1.82, 2.24) is 10.6 Å². The average Bonchev–Trinajstić information content (AvgIpc) is 3.16. The first-order chi connectivity index (χ1) is 24.1. The number of ether oxygens (including phenoxy) is 2. The van der Waals surface area contributed by atoms with E-state index in [4.69, 9.17) is 20.9 Å². The molecular weight excluding hydrogens is 604 g/mol. The van der Waals surface area contributed by atoms with E-state index in [-0.39, 0.29) is 0 Å². The summed E-state index contributed by atoms with van der Waals surface area (Å²) in [4.78, 5) is 0. The van der Waals surface area contributed by atoms with Crippen LogP contribution in [-0.4, -0.2) is 12.1 Å². The Labute approximate surface area is 294 Å². The van der Waals surface area contributed by atoms with Crippen LogP contribution in [0, 0.1) is 11.8 Å². The second-order valence-corrected chi connectivity index (χ2v) is 14.3. The van der Waals surface area contributed by atoms with Crippen molar-refractivity contribution in [3.63, 3.8) is 0 Å². The topological polar surface area (TPSA) is 94.6 Å². The van der Waals surface area contributed by atoms with Crippen LogP contribution in [0.25, 0.3) is 0 Å². The molecule has 0 spiro atoms. The molecule has 0 saturated heterocycles. The van der Waals surface area contributed by atoms with Crippen LogP contribution in [0.3, 0.4) is 0 Å². The van der Waals surface area contributed by atoms with E-state index < -0.39 is 0 Å². The third-order valence-electron chi connectivity index (χ3n) is 10.7. The summed E-state index contributed by atoms with van der Waals surface area (Å²) < 4.78 is 12.0.